The molecule has 4 aromatic rings. The van der Waals surface area contributed by atoms with Crippen LogP contribution in [0, 0.1) is 4.77 Å². The third kappa shape index (κ3) is 3.23. The van der Waals surface area contributed by atoms with Crippen molar-refractivity contribution in [3.8, 4) is 28.8 Å². The van der Waals surface area contributed by atoms with Crippen LogP contribution in [0.4, 0.5) is 0 Å². The minimum Gasteiger partial charge on any atom is -0.494 e. The third-order valence-corrected chi connectivity index (χ3v) is 7.08. The number of methoxy groups -OCH3 is 1. The van der Waals surface area contributed by atoms with Crippen molar-refractivity contribution < 1.29 is 19.3 Å². The summed E-state index contributed by atoms with van der Waals surface area (Å²) in [5.74, 6) is 1.42. The highest BCUT2D eigenvalue weighted by molar-refractivity contribution is 7.71. The van der Waals surface area contributed by atoms with Gasteiger partial charge in [0.2, 0.25) is 18.4 Å². The molecule has 6 rings (SSSR count). The van der Waals surface area contributed by atoms with E-state index >= 15 is 0 Å². The lowest BCUT2D eigenvalue weighted by Gasteiger charge is -2.36. The number of benzene rings is 3. The topological polar surface area (TPSA) is 89.0 Å². The quantitative estimate of drug-likeness (QED) is 0.420. The molecule has 9 heteroatoms. The molecule has 0 radical (unpaired) electrons. The maximum absolute atomic E-state index is 13.4. The van der Waals surface area contributed by atoms with Crippen LogP contribution >= 0.6 is 12.2 Å². The Labute approximate surface area is 205 Å². The minimum atomic E-state index is -0.594. The van der Waals surface area contributed by atoms with Crippen molar-refractivity contribution in [2.75, 3.05) is 27.5 Å². The van der Waals surface area contributed by atoms with E-state index in [1.54, 1.807) is 7.11 Å². The fraction of sp³-hybridized carbons (Fsp3) is 0.231. The van der Waals surface area contributed by atoms with Crippen LogP contribution in [-0.4, -0.2) is 47.1 Å². The summed E-state index contributed by atoms with van der Waals surface area (Å²) in [7, 11) is 3.48. The second-order valence-electron chi connectivity index (χ2n) is 8.68. The Morgan fingerprint density at radius 1 is 1.14 bits per heavy atom. The average molecular weight is 490 g/mol. The molecular formula is C26H23N3O5S. The zero-order valence-corrected chi connectivity index (χ0v) is 20.0. The van der Waals surface area contributed by atoms with E-state index in [4.69, 9.17) is 26.4 Å². The highest BCUT2D eigenvalue weighted by atomic mass is 32.1. The first kappa shape index (κ1) is 21.7. The number of fused-ring (bicyclic) bond motifs is 3. The molecule has 1 atom stereocenters. The Kier molecular flexibility index (Phi) is 5.05. The number of H-pyrrole nitrogens is 1. The third-order valence-electron chi connectivity index (χ3n) is 6.80. The van der Waals surface area contributed by atoms with Crippen LogP contribution in [0.2, 0.25) is 0 Å². The maximum atomic E-state index is 13.4. The lowest BCUT2D eigenvalue weighted by Crippen LogP contribution is -2.37. The van der Waals surface area contributed by atoms with Gasteiger partial charge in [0.25, 0.3) is 5.56 Å². The Morgan fingerprint density at radius 3 is 2.77 bits per heavy atom. The van der Waals surface area contributed by atoms with Crippen molar-refractivity contribution in [1.29, 1.82) is 0 Å². The highest BCUT2D eigenvalue weighted by Crippen LogP contribution is 2.51. The highest BCUT2D eigenvalue weighted by Gasteiger charge is 2.38. The van der Waals surface area contributed by atoms with Crippen LogP contribution < -0.4 is 19.8 Å². The van der Waals surface area contributed by atoms with Gasteiger partial charge in [0.05, 0.1) is 24.4 Å². The van der Waals surface area contributed by atoms with Crippen molar-refractivity contribution in [2.24, 2.45) is 0 Å². The zero-order valence-electron chi connectivity index (χ0n) is 19.2. The maximum Gasteiger partial charge on any atom is 0.260 e. The van der Waals surface area contributed by atoms with Gasteiger partial charge in [-0.2, -0.15) is 0 Å². The summed E-state index contributed by atoms with van der Waals surface area (Å²) in [6.07, 6.45) is 0.733. The van der Waals surface area contributed by atoms with Crippen molar-refractivity contribution in [1.82, 2.24) is 14.5 Å². The first-order valence-electron chi connectivity index (χ1n) is 11.3. The molecule has 35 heavy (non-hydrogen) atoms. The van der Waals surface area contributed by atoms with E-state index in [1.165, 1.54) is 4.57 Å². The number of hydrogen-bond donors (Lipinski definition) is 2. The van der Waals surface area contributed by atoms with E-state index in [1.807, 2.05) is 60.5 Å². The van der Waals surface area contributed by atoms with Crippen LogP contribution in [0.1, 0.15) is 22.7 Å². The molecule has 0 unspecified atom stereocenters. The molecule has 178 valence electrons. The number of aromatic nitrogens is 2. The SMILES string of the molecule is COc1c2c(cc3c1[C@@H](c1c(O)n(-c4cccc5ccccc45)c(=S)[nH]c1=O)N(C)CC3)OCO2. The van der Waals surface area contributed by atoms with Gasteiger partial charge in [0, 0.05) is 17.5 Å². The first-order valence-corrected chi connectivity index (χ1v) is 11.7. The summed E-state index contributed by atoms with van der Waals surface area (Å²) < 4.78 is 18.7. The molecule has 0 saturated carbocycles. The van der Waals surface area contributed by atoms with Crippen LogP contribution in [0.15, 0.2) is 53.3 Å². The Hall–Kier alpha value is -3.82. The lowest BCUT2D eigenvalue weighted by molar-refractivity contribution is 0.170. The summed E-state index contributed by atoms with van der Waals surface area (Å²) in [4.78, 5) is 18.2. The largest absolute Gasteiger partial charge is 0.494 e. The van der Waals surface area contributed by atoms with E-state index in [0.29, 0.717) is 29.5 Å². The molecule has 2 aliphatic heterocycles. The van der Waals surface area contributed by atoms with Gasteiger partial charge in [-0.05, 0) is 48.8 Å². The molecular weight excluding hydrogens is 466 g/mol. The molecule has 3 aromatic carbocycles. The standard InChI is InChI=1S/C26H23N3O5S/c1-28-11-10-15-12-18-22(34-13-33-18)23(32-2)19(15)21(28)20-24(30)27-26(35)29(25(20)31)17-9-5-7-14-6-3-4-8-16(14)17/h3-9,12,21,31H,10-11,13H2,1-2H3,(H,27,30,35)/t21-/m0/s1. The molecule has 0 aliphatic carbocycles. The number of aromatic hydroxyl groups is 1. The Morgan fingerprint density at radius 2 is 1.94 bits per heavy atom. The summed E-state index contributed by atoms with van der Waals surface area (Å²) in [6.45, 7) is 0.774. The van der Waals surface area contributed by atoms with Crippen LogP contribution in [0.5, 0.6) is 23.1 Å². The summed E-state index contributed by atoms with van der Waals surface area (Å²) in [6, 6.07) is 14.9. The Balaban J connectivity index is 1.65. The molecule has 2 N–H and O–H groups in total. The van der Waals surface area contributed by atoms with Gasteiger partial charge in [0.1, 0.15) is 0 Å². The zero-order chi connectivity index (χ0) is 24.3. The molecule has 0 amide bonds. The molecule has 0 saturated heterocycles. The lowest BCUT2D eigenvalue weighted by atomic mass is 9.87. The first-order chi connectivity index (χ1) is 17.0. The van der Waals surface area contributed by atoms with Crippen LogP contribution in [0.3, 0.4) is 0 Å². The second-order valence-corrected chi connectivity index (χ2v) is 9.07. The van der Waals surface area contributed by atoms with Gasteiger partial charge in [0.15, 0.2) is 16.3 Å². The molecule has 0 spiro atoms. The average Bonchev–Trinajstić information content (AvgIpc) is 3.32. The minimum absolute atomic E-state index is 0.104. The summed E-state index contributed by atoms with van der Waals surface area (Å²) >= 11 is 5.53. The van der Waals surface area contributed by atoms with E-state index in [2.05, 4.69) is 4.98 Å². The molecule has 3 heterocycles. The van der Waals surface area contributed by atoms with E-state index in [9.17, 15) is 9.90 Å². The van der Waals surface area contributed by atoms with Crippen LogP contribution in [0.25, 0.3) is 16.5 Å². The predicted molar refractivity (Wildman–Crippen MR) is 134 cm³/mol. The number of hydrogen-bond acceptors (Lipinski definition) is 7. The number of likely N-dealkylation sites (N-methyl/N-ethyl adjacent to an activating group) is 1. The molecule has 2 aliphatic rings. The molecule has 0 bridgehead atoms. The van der Waals surface area contributed by atoms with Crippen molar-refractivity contribution in [3.05, 3.63) is 80.3 Å². The van der Waals surface area contributed by atoms with Gasteiger partial charge in [-0.15, -0.1) is 0 Å². The number of aromatic amines is 1. The molecule has 0 fully saturated rings. The van der Waals surface area contributed by atoms with Crippen molar-refractivity contribution in [3.63, 3.8) is 0 Å². The van der Waals surface area contributed by atoms with E-state index in [-0.39, 0.29) is 23.0 Å². The van der Waals surface area contributed by atoms with Gasteiger partial charge in [-0.3, -0.25) is 19.2 Å². The van der Waals surface area contributed by atoms with Crippen LogP contribution in [-0.2, 0) is 6.42 Å². The normalized spacial score (nSPS) is 16.9. The molecule has 1 aromatic heterocycles. The number of nitrogens with zero attached hydrogens (tertiary/aromatic N) is 2. The number of ether oxygens (including phenoxy) is 3. The van der Waals surface area contributed by atoms with Gasteiger partial charge >= 0.3 is 0 Å². The van der Waals surface area contributed by atoms with Crippen molar-refractivity contribution >= 4 is 23.0 Å². The number of rotatable bonds is 3. The summed E-state index contributed by atoms with van der Waals surface area (Å²) in [5, 5.41) is 13.6. The van der Waals surface area contributed by atoms with Gasteiger partial charge in [-0.1, -0.05) is 36.4 Å². The predicted octanol–water partition coefficient (Wildman–Crippen LogP) is 4.07. The number of nitrogens with one attached hydrogen (secondary N) is 1. The Bertz CT molecular complexity index is 1600. The summed E-state index contributed by atoms with van der Waals surface area (Å²) in [5.41, 5.74) is 2.17. The van der Waals surface area contributed by atoms with Crippen molar-refractivity contribution in [2.45, 2.75) is 12.5 Å². The van der Waals surface area contributed by atoms with Gasteiger partial charge in [-0.25, -0.2) is 0 Å². The smallest absolute Gasteiger partial charge is 0.260 e. The van der Waals surface area contributed by atoms with E-state index < -0.39 is 11.6 Å². The fourth-order valence-electron chi connectivity index (χ4n) is 5.21. The second kappa shape index (κ2) is 8.14. The molecule has 8 nitrogen and oxygen atoms in total. The van der Waals surface area contributed by atoms with Gasteiger partial charge < -0.3 is 19.3 Å². The van der Waals surface area contributed by atoms with E-state index in [0.717, 1.165) is 28.3 Å². The fourth-order valence-corrected chi connectivity index (χ4v) is 5.49. The monoisotopic (exact) mass is 489 g/mol.